The summed E-state index contributed by atoms with van der Waals surface area (Å²) >= 11 is 0. The monoisotopic (exact) mass is 661 g/mol. The van der Waals surface area contributed by atoms with Crippen molar-refractivity contribution in [3.8, 4) is 0 Å². The number of hydrogen-bond donors (Lipinski definition) is 1. The van der Waals surface area contributed by atoms with Crippen LogP contribution in [0.3, 0.4) is 0 Å². The summed E-state index contributed by atoms with van der Waals surface area (Å²) in [5.74, 6) is -0.123. The smallest absolute Gasteiger partial charge is 0.0545 e. The van der Waals surface area contributed by atoms with Crippen LogP contribution in [-0.4, -0.2) is 11.4 Å². The summed E-state index contributed by atoms with van der Waals surface area (Å²) in [6, 6.07) is 0. The molecule has 0 aliphatic carbocycles. The van der Waals surface area contributed by atoms with Gasteiger partial charge in [-0.25, -0.2) is 0 Å². The molecule has 0 atom stereocenters. The molecule has 0 fully saturated rings. The molecule has 0 aliphatic heterocycles. The molecule has 0 heterocycles. The van der Waals surface area contributed by atoms with E-state index in [4.69, 9.17) is 0 Å². The number of rotatable bonds is 1. The minimum Gasteiger partial charge on any atom is -0.491 e. The van der Waals surface area contributed by atoms with Crippen molar-refractivity contribution in [3.63, 3.8) is 0 Å². The standard InChI is InChI=1S/C7H13NO.6Y/c1-5-6(9)8-7(2,3)4;;;;;;/h5H,1H2,2-4H3,(H,8,9);;;;;;/q-2;;;;;;. The van der Waals surface area contributed by atoms with Gasteiger partial charge >= 0.3 is 0 Å². The second-order valence-corrected chi connectivity index (χ2v) is 2.94. The van der Waals surface area contributed by atoms with E-state index in [0.717, 1.165) is 0 Å². The molecule has 72 valence electrons. The van der Waals surface area contributed by atoms with Crippen LogP contribution < -0.4 is 5.32 Å². The molecule has 0 rings (SSSR count). The third-order valence-corrected chi connectivity index (χ3v) is 0.684. The predicted molar refractivity (Wildman–Crippen MR) is 37.6 cm³/mol. The number of hydrogen-bond acceptors (Lipinski definition) is 1. The van der Waals surface area contributed by atoms with Crippen LogP contribution in [0.15, 0.2) is 0 Å². The number of amides is 1. The maximum Gasteiger partial charge on any atom is 0.0545 e. The van der Waals surface area contributed by atoms with Gasteiger partial charge in [-0.3, -0.25) is 0 Å². The second-order valence-electron chi connectivity index (χ2n) is 2.94. The van der Waals surface area contributed by atoms with E-state index in [1.807, 2.05) is 20.8 Å². The first-order valence-electron chi connectivity index (χ1n) is 2.90. The van der Waals surface area contributed by atoms with Gasteiger partial charge in [0.25, 0.3) is 0 Å². The number of carbonyl (C=O) groups is 1. The molecular formula is C7H13NOY6-2. The van der Waals surface area contributed by atoms with Crippen LogP contribution >= 0.6 is 0 Å². The van der Waals surface area contributed by atoms with E-state index in [-0.39, 0.29) is 208 Å². The average molecular weight is 661 g/mol. The first kappa shape index (κ1) is 42.8. The fourth-order valence-corrected chi connectivity index (χ4v) is 0.421. The van der Waals surface area contributed by atoms with E-state index in [1.165, 1.54) is 6.42 Å². The van der Waals surface area contributed by atoms with Gasteiger partial charge < -0.3 is 23.5 Å². The summed E-state index contributed by atoms with van der Waals surface area (Å²) in [6.45, 7) is 9.11. The van der Waals surface area contributed by atoms with Gasteiger partial charge in [0.05, 0.1) is 5.91 Å². The van der Waals surface area contributed by atoms with E-state index in [0.29, 0.717) is 0 Å². The van der Waals surface area contributed by atoms with Crippen LogP contribution in [-0.2, 0) is 201 Å². The van der Waals surface area contributed by atoms with Crippen molar-refractivity contribution in [3.05, 3.63) is 13.3 Å². The first-order chi connectivity index (χ1) is 3.95. The van der Waals surface area contributed by atoms with Gasteiger partial charge in [-0.2, -0.15) is 0 Å². The molecular weight excluding hydrogens is 648 g/mol. The normalized spacial score (nSPS) is 6.40. The van der Waals surface area contributed by atoms with Gasteiger partial charge in [0.1, 0.15) is 0 Å². The molecule has 8 heteroatoms. The minimum atomic E-state index is -0.148. The van der Waals surface area contributed by atoms with Crippen molar-refractivity contribution in [2.45, 2.75) is 26.3 Å². The molecule has 0 aliphatic rings. The Bertz CT molecular complexity index is 117. The summed E-state index contributed by atoms with van der Waals surface area (Å²) in [5, 5.41) is 2.71. The molecule has 0 spiro atoms. The molecule has 0 saturated heterocycles. The van der Waals surface area contributed by atoms with Gasteiger partial charge in [-0.15, -0.1) is 0 Å². The minimum absolute atomic E-state index is 0. The molecule has 2 nitrogen and oxygen atoms in total. The third-order valence-electron chi connectivity index (χ3n) is 0.684. The molecule has 15 heavy (non-hydrogen) atoms. The van der Waals surface area contributed by atoms with E-state index >= 15 is 0 Å². The van der Waals surface area contributed by atoms with Gasteiger partial charge in [-0.1, -0.05) is 0 Å². The Kier molecular flexibility index (Phi) is 71.3. The van der Waals surface area contributed by atoms with E-state index in [2.05, 4.69) is 12.2 Å². The van der Waals surface area contributed by atoms with E-state index < -0.39 is 0 Å². The fraction of sp³-hybridized carbons (Fsp3) is 0.571. The van der Waals surface area contributed by atoms with Crippen molar-refractivity contribution in [1.82, 2.24) is 5.32 Å². The largest absolute Gasteiger partial charge is 0.491 e. The summed E-state index contributed by atoms with van der Waals surface area (Å²) in [6.07, 6.45) is 1.27. The zero-order chi connectivity index (χ0) is 7.49. The maximum atomic E-state index is 10.6. The molecule has 0 aromatic rings. The van der Waals surface area contributed by atoms with Crippen molar-refractivity contribution in [2.24, 2.45) is 0 Å². The van der Waals surface area contributed by atoms with Gasteiger partial charge in [0.15, 0.2) is 0 Å². The van der Waals surface area contributed by atoms with Crippen molar-refractivity contribution in [1.29, 1.82) is 0 Å². The van der Waals surface area contributed by atoms with Crippen molar-refractivity contribution < 1.29 is 201 Å². The van der Waals surface area contributed by atoms with Crippen molar-refractivity contribution in [2.75, 3.05) is 0 Å². The van der Waals surface area contributed by atoms with Crippen LogP contribution in [0.2, 0.25) is 0 Å². The summed E-state index contributed by atoms with van der Waals surface area (Å²) in [5.41, 5.74) is -0.148. The molecule has 6 radical (unpaired) electrons. The number of nitrogens with one attached hydrogen (secondary N) is 1. The van der Waals surface area contributed by atoms with Crippen LogP contribution in [0.4, 0.5) is 0 Å². The molecule has 0 aromatic carbocycles. The topological polar surface area (TPSA) is 29.1 Å². The third kappa shape index (κ3) is 38.3. The first-order valence-corrected chi connectivity index (χ1v) is 2.90. The molecule has 0 unspecified atom stereocenters. The quantitative estimate of drug-likeness (QED) is 0.417. The van der Waals surface area contributed by atoms with Crippen LogP contribution in [0.5, 0.6) is 0 Å². The van der Waals surface area contributed by atoms with E-state index in [9.17, 15) is 4.79 Å². The van der Waals surface area contributed by atoms with Gasteiger partial charge in [-0.05, 0) is 20.8 Å². The summed E-state index contributed by atoms with van der Waals surface area (Å²) < 4.78 is 0. The van der Waals surface area contributed by atoms with E-state index in [1.54, 1.807) is 0 Å². The molecule has 1 N–H and O–H groups in total. The molecule has 0 bridgehead atoms. The van der Waals surface area contributed by atoms with Crippen molar-refractivity contribution >= 4 is 5.91 Å². The van der Waals surface area contributed by atoms with Crippen LogP contribution in [0, 0.1) is 13.3 Å². The Balaban J connectivity index is -0.0000000213. The Hall–Kier alpha value is 5.96. The van der Waals surface area contributed by atoms with Gasteiger partial charge in [0.2, 0.25) is 0 Å². The zero-order valence-electron chi connectivity index (χ0n) is 9.66. The SMILES string of the molecule is [CH2-][CH-]C(=O)NC(C)(C)C.[Y].[Y].[Y].[Y].[Y].[Y]. The average Bonchev–Trinajstić information content (AvgIpc) is 1.62. The molecule has 0 saturated carbocycles. The van der Waals surface area contributed by atoms with Gasteiger partial charge in [0, 0.05) is 202 Å². The molecule has 1 amide bonds. The Labute approximate surface area is 245 Å². The van der Waals surface area contributed by atoms with Crippen LogP contribution in [0.25, 0.3) is 0 Å². The molecule has 0 aromatic heterocycles. The predicted octanol–water partition coefficient (Wildman–Crippen LogP) is 0.924. The second kappa shape index (κ2) is 24.9. The zero-order valence-corrected chi connectivity index (χ0v) is 26.7. The fourth-order valence-electron chi connectivity index (χ4n) is 0.421. The summed E-state index contributed by atoms with van der Waals surface area (Å²) in [7, 11) is 0. The Morgan fingerprint density at radius 1 is 1.00 bits per heavy atom. The van der Waals surface area contributed by atoms with Crippen LogP contribution in [0.1, 0.15) is 20.8 Å². The maximum absolute atomic E-state index is 10.6. The number of carbonyl (C=O) groups excluding carboxylic acids is 1. The summed E-state index contributed by atoms with van der Waals surface area (Å²) in [4.78, 5) is 10.6. The Morgan fingerprint density at radius 3 is 1.33 bits per heavy atom. The Morgan fingerprint density at radius 2 is 1.27 bits per heavy atom.